The smallest absolute Gasteiger partial charge is 0.405 e. The highest BCUT2D eigenvalue weighted by molar-refractivity contribution is 6.01. The molecule has 0 unspecified atom stereocenters. The summed E-state index contributed by atoms with van der Waals surface area (Å²) in [7, 11) is 0. The van der Waals surface area contributed by atoms with Gasteiger partial charge in [0.25, 0.3) is 5.91 Å². The van der Waals surface area contributed by atoms with Crippen molar-refractivity contribution in [1.82, 2.24) is 0 Å². The van der Waals surface area contributed by atoms with Gasteiger partial charge >= 0.3 is 12.1 Å². The van der Waals surface area contributed by atoms with Crippen molar-refractivity contribution in [2.45, 2.75) is 18.7 Å². The molecule has 2 aromatic carbocycles. The number of amides is 1. The molecule has 0 bridgehead atoms. The van der Waals surface area contributed by atoms with Crippen molar-refractivity contribution in [3.8, 4) is 0 Å². The van der Waals surface area contributed by atoms with Gasteiger partial charge in [-0.05, 0) is 23.8 Å². The average molecular weight is 364 g/mol. The van der Waals surface area contributed by atoms with Gasteiger partial charge in [0.2, 0.25) is 0 Å². The van der Waals surface area contributed by atoms with E-state index >= 15 is 0 Å². The number of fused-ring (bicyclic) bond motifs is 1. The molecule has 2 aromatic rings. The Kier molecular flexibility index (Phi) is 4.83. The summed E-state index contributed by atoms with van der Waals surface area (Å²) in [5.41, 5.74) is 1.40. The van der Waals surface area contributed by atoms with Crippen molar-refractivity contribution >= 4 is 23.3 Å². The molecule has 1 aliphatic rings. The fourth-order valence-electron chi connectivity index (χ4n) is 2.63. The number of anilines is 2. The van der Waals surface area contributed by atoms with Gasteiger partial charge in [-0.15, -0.1) is 0 Å². The topological polar surface area (TPSA) is 67.4 Å². The number of carbonyl (C=O) groups is 2. The number of carbonyl (C=O) groups excluding carboxylic acids is 2. The lowest BCUT2D eigenvalue weighted by Crippen LogP contribution is -2.38. The Morgan fingerprint density at radius 2 is 1.73 bits per heavy atom. The van der Waals surface area contributed by atoms with Crippen LogP contribution >= 0.6 is 0 Å². The Morgan fingerprint density at radius 1 is 1.08 bits per heavy atom. The number of rotatable bonds is 4. The van der Waals surface area contributed by atoms with Crippen molar-refractivity contribution < 1.29 is 27.5 Å². The number of benzene rings is 2. The van der Waals surface area contributed by atoms with Crippen LogP contribution in [0.1, 0.15) is 15.9 Å². The summed E-state index contributed by atoms with van der Waals surface area (Å²) >= 11 is 0. The van der Waals surface area contributed by atoms with Crippen molar-refractivity contribution in [2.24, 2.45) is 0 Å². The van der Waals surface area contributed by atoms with E-state index in [1.807, 2.05) is 0 Å². The van der Waals surface area contributed by atoms with E-state index in [0.717, 1.165) is 0 Å². The molecule has 1 aliphatic heterocycles. The Hall–Kier alpha value is -3.03. The number of para-hydroxylation sites is 2. The molecule has 26 heavy (non-hydrogen) atoms. The first-order valence-electron chi connectivity index (χ1n) is 7.83. The first-order valence-corrected chi connectivity index (χ1v) is 7.83. The lowest BCUT2D eigenvalue weighted by molar-refractivity contribution is -0.125. The van der Waals surface area contributed by atoms with Gasteiger partial charge < -0.3 is 15.4 Å². The molecule has 0 saturated heterocycles. The third kappa shape index (κ3) is 4.14. The minimum absolute atomic E-state index is 0.126. The molecule has 0 spiro atoms. The van der Waals surface area contributed by atoms with Crippen LogP contribution in [0.25, 0.3) is 0 Å². The van der Waals surface area contributed by atoms with E-state index in [1.165, 1.54) is 12.1 Å². The summed E-state index contributed by atoms with van der Waals surface area (Å²) in [5.74, 6) is -1.20. The monoisotopic (exact) mass is 364 g/mol. The van der Waals surface area contributed by atoms with Crippen LogP contribution in [0.4, 0.5) is 24.5 Å². The summed E-state index contributed by atoms with van der Waals surface area (Å²) in [4.78, 5) is 24.4. The number of hydrogen-bond acceptors (Lipinski definition) is 4. The molecule has 0 fully saturated rings. The Labute approximate surface area is 147 Å². The standard InChI is InChI=1S/C18H15F3N2O3/c19-18(20,21)10-22-13-7-3-4-8-14(13)23-16(24)15-9-11-5-1-2-6-12(11)17(25)26-15/h1-8,15,22H,9-10H2,(H,23,24)/t15-/m0/s1. The lowest BCUT2D eigenvalue weighted by Gasteiger charge is -2.24. The molecule has 0 aliphatic carbocycles. The van der Waals surface area contributed by atoms with Gasteiger partial charge in [-0.2, -0.15) is 13.2 Å². The third-order valence-electron chi connectivity index (χ3n) is 3.85. The Balaban J connectivity index is 1.72. The van der Waals surface area contributed by atoms with E-state index in [-0.39, 0.29) is 17.8 Å². The van der Waals surface area contributed by atoms with Crippen LogP contribution < -0.4 is 10.6 Å². The fraction of sp³-hybridized carbons (Fsp3) is 0.222. The van der Waals surface area contributed by atoms with E-state index in [1.54, 1.807) is 36.4 Å². The predicted molar refractivity (Wildman–Crippen MR) is 89.0 cm³/mol. The molecule has 1 atom stereocenters. The van der Waals surface area contributed by atoms with E-state index in [9.17, 15) is 22.8 Å². The van der Waals surface area contributed by atoms with E-state index in [4.69, 9.17) is 4.74 Å². The van der Waals surface area contributed by atoms with Crippen LogP contribution in [0.5, 0.6) is 0 Å². The molecule has 0 radical (unpaired) electrons. The minimum Gasteiger partial charge on any atom is -0.448 e. The van der Waals surface area contributed by atoms with E-state index < -0.39 is 30.7 Å². The van der Waals surface area contributed by atoms with Crippen LogP contribution in [-0.4, -0.2) is 30.7 Å². The van der Waals surface area contributed by atoms with Gasteiger partial charge in [0.05, 0.1) is 16.9 Å². The van der Waals surface area contributed by atoms with E-state index in [0.29, 0.717) is 11.1 Å². The largest absolute Gasteiger partial charge is 0.448 e. The van der Waals surface area contributed by atoms with Gasteiger partial charge in [0.1, 0.15) is 6.54 Å². The van der Waals surface area contributed by atoms with Crippen molar-refractivity contribution in [2.75, 3.05) is 17.2 Å². The van der Waals surface area contributed by atoms with Crippen LogP contribution in [0.15, 0.2) is 48.5 Å². The van der Waals surface area contributed by atoms with Gasteiger partial charge in [0, 0.05) is 6.42 Å². The number of alkyl halides is 3. The highest BCUT2D eigenvalue weighted by Gasteiger charge is 2.31. The molecule has 0 saturated carbocycles. The van der Waals surface area contributed by atoms with Gasteiger partial charge in [-0.3, -0.25) is 4.79 Å². The summed E-state index contributed by atoms with van der Waals surface area (Å²) in [6.45, 7) is -1.23. The zero-order valence-electron chi connectivity index (χ0n) is 13.5. The van der Waals surface area contributed by atoms with Crippen molar-refractivity contribution in [1.29, 1.82) is 0 Å². The van der Waals surface area contributed by atoms with Crippen molar-refractivity contribution in [3.05, 3.63) is 59.7 Å². The van der Waals surface area contributed by atoms with Gasteiger partial charge in [-0.25, -0.2) is 4.79 Å². The molecule has 1 amide bonds. The molecule has 3 rings (SSSR count). The quantitative estimate of drug-likeness (QED) is 0.817. The molecular formula is C18H15F3N2O3. The van der Waals surface area contributed by atoms with Gasteiger partial charge in [0.15, 0.2) is 6.10 Å². The van der Waals surface area contributed by atoms with Crippen molar-refractivity contribution in [3.63, 3.8) is 0 Å². The minimum atomic E-state index is -4.39. The first kappa shape index (κ1) is 17.8. The molecule has 136 valence electrons. The zero-order valence-corrected chi connectivity index (χ0v) is 13.5. The second kappa shape index (κ2) is 7.07. The number of ether oxygens (including phenoxy) is 1. The molecular weight excluding hydrogens is 349 g/mol. The maximum atomic E-state index is 12.4. The number of hydrogen-bond donors (Lipinski definition) is 2. The van der Waals surface area contributed by atoms with E-state index in [2.05, 4.69) is 10.6 Å². The average Bonchev–Trinajstić information content (AvgIpc) is 2.60. The molecule has 2 N–H and O–H groups in total. The number of esters is 1. The van der Waals surface area contributed by atoms with Gasteiger partial charge in [-0.1, -0.05) is 30.3 Å². The SMILES string of the molecule is O=C1O[C@H](C(=O)Nc2ccccc2NCC(F)(F)F)Cc2ccccc21. The van der Waals surface area contributed by atoms with Crippen LogP contribution in [0, 0.1) is 0 Å². The number of halogens is 3. The first-order chi connectivity index (χ1) is 12.3. The molecule has 0 aromatic heterocycles. The third-order valence-corrected chi connectivity index (χ3v) is 3.85. The summed E-state index contributed by atoms with van der Waals surface area (Å²) < 4.78 is 42.4. The highest BCUT2D eigenvalue weighted by Crippen LogP contribution is 2.26. The normalized spacial score (nSPS) is 16.4. The zero-order chi connectivity index (χ0) is 18.7. The fourth-order valence-corrected chi connectivity index (χ4v) is 2.63. The second-order valence-electron chi connectivity index (χ2n) is 5.76. The molecule has 8 heteroatoms. The maximum absolute atomic E-state index is 12.4. The number of nitrogens with one attached hydrogen (secondary N) is 2. The number of cyclic esters (lactones) is 1. The summed E-state index contributed by atoms with van der Waals surface area (Å²) in [6, 6.07) is 12.8. The van der Waals surface area contributed by atoms with Crippen LogP contribution in [-0.2, 0) is 16.0 Å². The molecule has 5 nitrogen and oxygen atoms in total. The Bertz CT molecular complexity index is 836. The second-order valence-corrected chi connectivity index (χ2v) is 5.76. The highest BCUT2D eigenvalue weighted by atomic mass is 19.4. The summed E-state index contributed by atoms with van der Waals surface area (Å²) in [5, 5.41) is 4.76. The Morgan fingerprint density at radius 3 is 2.46 bits per heavy atom. The van der Waals surface area contributed by atoms with Crippen LogP contribution in [0.2, 0.25) is 0 Å². The van der Waals surface area contributed by atoms with Crippen LogP contribution in [0.3, 0.4) is 0 Å². The summed E-state index contributed by atoms with van der Waals surface area (Å²) in [6.07, 6.45) is -5.24. The lowest BCUT2D eigenvalue weighted by atomic mass is 9.98. The predicted octanol–water partition coefficient (Wildman–Crippen LogP) is 3.38. The maximum Gasteiger partial charge on any atom is 0.405 e. The molecule has 1 heterocycles.